The number of aromatic nitrogens is 4. The molecular formula is C24H29FN6O2. The molecule has 1 aliphatic heterocycles. The van der Waals surface area contributed by atoms with Gasteiger partial charge in [-0.1, -0.05) is 6.07 Å². The Balaban J connectivity index is 1.31. The molecule has 2 aromatic heterocycles. The van der Waals surface area contributed by atoms with E-state index >= 15 is 0 Å². The number of nitrogens with zero attached hydrogens (tertiary/aromatic N) is 5. The van der Waals surface area contributed by atoms with Crippen LogP contribution in [0.3, 0.4) is 0 Å². The van der Waals surface area contributed by atoms with Crippen LogP contribution in [-0.4, -0.2) is 46.0 Å². The predicted molar refractivity (Wildman–Crippen MR) is 124 cm³/mol. The fourth-order valence-electron chi connectivity index (χ4n) is 4.94. The third kappa shape index (κ3) is 4.44. The Morgan fingerprint density at radius 1 is 1.12 bits per heavy atom. The van der Waals surface area contributed by atoms with Gasteiger partial charge in [0.15, 0.2) is 0 Å². The van der Waals surface area contributed by atoms with Crippen molar-refractivity contribution in [3.05, 3.63) is 48.4 Å². The Labute approximate surface area is 192 Å². The number of methoxy groups -OCH3 is 1. The molecule has 0 amide bonds. The van der Waals surface area contributed by atoms with Gasteiger partial charge in [-0.05, 0) is 56.7 Å². The summed E-state index contributed by atoms with van der Waals surface area (Å²) in [4.78, 5) is 11.2. The molecule has 3 heterocycles. The summed E-state index contributed by atoms with van der Waals surface area (Å²) in [6, 6.07) is 10.8. The van der Waals surface area contributed by atoms with Crippen LogP contribution in [0.25, 0.3) is 0 Å². The molecule has 0 radical (unpaired) electrons. The molecule has 2 aliphatic rings. The Morgan fingerprint density at radius 2 is 1.91 bits per heavy atom. The molecule has 33 heavy (non-hydrogen) atoms. The zero-order valence-corrected chi connectivity index (χ0v) is 19.1. The van der Waals surface area contributed by atoms with Crippen LogP contribution in [0.5, 0.6) is 17.6 Å². The van der Waals surface area contributed by atoms with Gasteiger partial charge in [0.1, 0.15) is 11.6 Å². The van der Waals surface area contributed by atoms with Gasteiger partial charge in [-0.3, -0.25) is 0 Å². The smallest absolute Gasteiger partial charge is 0.322 e. The van der Waals surface area contributed by atoms with Crippen molar-refractivity contribution in [1.29, 1.82) is 0 Å². The first-order chi connectivity index (χ1) is 16.0. The van der Waals surface area contributed by atoms with E-state index in [0.717, 1.165) is 18.8 Å². The maximum absolute atomic E-state index is 13.6. The molecule has 2 fully saturated rings. The SMILES string of the molecule is COc1cc(N2C[C@H]3CC[C@H](C2)C3Nc2nc(Oc3cccc(F)c3)n(C(C)C)n2)ccn1. The molecule has 1 aromatic carbocycles. The summed E-state index contributed by atoms with van der Waals surface area (Å²) in [6.45, 7) is 5.95. The van der Waals surface area contributed by atoms with Crippen molar-refractivity contribution < 1.29 is 13.9 Å². The predicted octanol–water partition coefficient (Wildman–Crippen LogP) is 4.52. The molecule has 1 aliphatic carbocycles. The molecule has 9 heteroatoms. The van der Waals surface area contributed by atoms with Crippen molar-refractivity contribution in [2.45, 2.75) is 38.8 Å². The number of hydrogen-bond donors (Lipinski definition) is 1. The van der Waals surface area contributed by atoms with Gasteiger partial charge in [-0.2, -0.15) is 4.98 Å². The van der Waals surface area contributed by atoms with Gasteiger partial charge in [0.05, 0.1) is 13.2 Å². The minimum Gasteiger partial charge on any atom is -0.481 e. The van der Waals surface area contributed by atoms with Crippen LogP contribution in [0.1, 0.15) is 32.7 Å². The van der Waals surface area contributed by atoms with E-state index in [-0.39, 0.29) is 11.9 Å². The van der Waals surface area contributed by atoms with Crippen molar-refractivity contribution in [2.24, 2.45) is 11.8 Å². The maximum Gasteiger partial charge on any atom is 0.322 e. The van der Waals surface area contributed by atoms with Crippen LogP contribution in [0.4, 0.5) is 16.0 Å². The van der Waals surface area contributed by atoms with E-state index in [1.165, 1.54) is 25.0 Å². The Kier molecular flexibility index (Phi) is 5.78. The minimum atomic E-state index is -0.350. The van der Waals surface area contributed by atoms with E-state index in [2.05, 4.69) is 25.3 Å². The van der Waals surface area contributed by atoms with E-state index in [9.17, 15) is 4.39 Å². The standard InChI is InChI=1S/C24H29FN6O2/c1-15(2)31-24(33-20-6-4-5-18(25)11-20)28-23(29-31)27-22-16-7-8-17(22)14-30(13-16)19-9-10-26-21(12-19)32-3/h4-6,9-12,15-17,22H,7-8,13-14H2,1-3H3,(H,27,29)/t16-,17-/m1/s1. The number of piperidine rings is 1. The van der Waals surface area contributed by atoms with Crippen LogP contribution in [-0.2, 0) is 0 Å². The first kappa shape index (κ1) is 21.5. The zero-order valence-electron chi connectivity index (χ0n) is 19.1. The van der Waals surface area contributed by atoms with E-state index in [1.54, 1.807) is 30.1 Å². The van der Waals surface area contributed by atoms with E-state index in [0.29, 0.717) is 41.5 Å². The van der Waals surface area contributed by atoms with Crippen molar-refractivity contribution in [3.63, 3.8) is 0 Å². The van der Waals surface area contributed by atoms with Crippen molar-refractivity contribution >= 4 is 11.6 Å². The van der Waals surface area contributed by atoms with Crippen LogP contribution >= 0.6 is 0 Å². The third-order valence-corrected chi connectivity index (χ3v) is 6.52. The average molecular weight is 453 g/mol. The number of nitrogens with one attached hydrogen (secondary N) is 1. The zero-order chi connectivity index (χ0) is 22.9. The number of anilines is 2. The van der Waals surface area contributed by atoms with Crippen LogP contribution in [0.2, 0.25) is 0 Å². The topological polar surface area (TPSA) is 77.3 Å². The summed E-state index contributed by atoms with van der Waals surface area (Å²) in [7, 11) is 1.64. The summed E-state index contributed by atoms with van der Waals surface area (Å²) in [5.41, 5.74) is 1.14. The van der Waals surface area contributed by atoms with E-state index < -0.39 is 0 Å². The lowest BCUT2D eigenvalue weighted by Gasteiger charge is -2.39. The monoisotopic (exact) mass is 452 g/mol. The third-order valence-electron chi connectivity index (χ3n) is 6.52. The average Bonchev–Trinajstić information content (AvgIpc) is 3.29. The quantitative estimate of drug-likeness (QED) is 0.565. The molecule has 5 rings (SSSR count). The number of halogens is 1. The normalized spacial score (nSPS) is 22.0. The maximum atomic E-state index is 13.6. The van der Waals surface area contributed by atoms with Gasteiger partial charge >= 0.3 is 6.01 Å². The van der Waals surface area contributed by atoms with Gasteiger partial charge in [-0.25, -0.2) is 14.1 Å². The summed E-state index contributed by atoms with van der Waals surface area (Å²) in [5.74, 6) is 2.21. The molecular weight excluding hydrogens is 423 g/mol. The lowest BCUT2D eigenvalue weighted by atomic mass is 9.92. The van der Waals surface area contributed by atoms with E-state index in [1.807, 2.05) is 26.0 Å². The number of rotatable bonds is 7. The summed E-state index contributed by atoms with van der Waals surface area (Å²) in [6.07, 6.45) is 4.13. The van der Waals surface area contributed by atoms with Crippen LogP contribution < -0.4 is 19.7 Å². The highest BCUT2D eigenvalue weighted by atomic mass is 19.1. The van der Waals surface area contributed by atoms with Crippen molar-refractivity contribution in [3.8, 4) is 17.6 Å². The van der Waals surface area contributed by atoms with Crippen molar-refractivity contribution in [2.75, 3.05) is 30.4 Å². The summed E-state index contributed by atoms with van der Waals surface area (Å²) in [5, 5.41) is 8.25. The highest BCUT2D eigenvalue weighted by molar-refractivity contribution is 5.49. The summed E-state index contributed by atoms with van der Waals surface area (Å²) >= 11 is 0. The van der Waals surface area contributed by atoms with Gasteiger partial charge in [0.25, 0.3) is 0 Å². The molecule has 3 aromatic rings. The summed E-state index contributed by atoms with van der Waals surface area (Å²) < 4.78 is 26.5. The largest absolute Gasteiger partial charge is 0.481 e. The fraction of sp³-hybridized carbons (Fsp3) is 0.458. The van der Waals surface area contributed by atoms with E-state index in [4.69, 9.17) is 9.47 Å². The molecule has 0 unspecified atom stereocenters. The first-order valence-corrected chi connectivity index (χ1v) is 11.4. The first-order valence-electron chi connectivity index (χ1n) is 11.4. The lowest BCUT2D eigenvalue weighted by molar-refractivity contribution is 0.372. The molecule has 2 bridgehead atoms. The van der Waals surface area contributed by atoms with Gasteiger partial charge in [0, 0.05) is 43.1 Å². The number of hydrogen-bond acceptors (Lipinski definition) is 7. The van der Waals surface area contributed by atoms with Crippen molar-refractivity contribution in [1.82, 2.24) is 19.7 Å². The Morgan fingerprint density at radius 3 is 2.61 bits per heavy atom. The van der Waals surface area contributed by atoms with Gasteiger partial charge < -0.3 is 19.7 Å². The second-order valence-corrected chi connectivity index (χ2v) is 9.04. The lowest BCUT2D eigenvalue weighted by Crippen LogP contribution is -2.48. The molecule has 1 N–H and O–H groups in total. The van der Waals surface area contributed by atoms with Gasteiger partial charge in [-0.15, -0.1) is 5.10 Å². The second-order valence-electron chi connectivity index (χ2n) is 9.04. The molecule has 1 saturated carbocycles. The molecule has 0 spiro atoms. The minimum absolute atomic E-state index is 0.0526. The number of fused-ring (bicyclic) bond motifs is 2. The van der Waals surface area contributed by atoms with Crippen LogP contribution in [0.15, 0.2) is 42.6 Å². The molecule has 8 nitrogen and oxygen atoms in total. The number of pyridine rings is 1. The molecule has 2 atom stereocenters. The number of benzene rings is 1. The highest BCUT2D eigenvalue weighted by Crippen LogP contribution is 2.40. The Bertz CT molecular complexity index is 1110. The van der Waals surface area contributed by atoms with Gasteiger partial charge in [0.2, 0.25) is 11.8 Å². The molecule has 1 saturated heterocycles. The Hall–Kier alpha value is -3.36. The second kappa shape index (κ2) is 8.88. The number of ether oxygens (including phenoxy) is 2. The molecule has 174 valence electrons. The van der Waals surface area contributed by atoms with Crippen LogP contribution in [0, 0.1) is 17.7 Å². The highest BCUT2D eigenvalue weighted by Gasteiger charge is 2.42. The fourth-order valence-corrected chi connectivity index (χ4v) is 4.94.